The van der Waals surface area contributed by atoms with Crippen LogP contribution < -0.4 is 0 Å². The Labute approximate surface area is 141 Å². The number of nitrogens with zero attached hydrogens (tertiary/aromatic N) is 5. The maximum absolute atomic E-state index is 12.4. The maximum Gasteiger partial charge on any atom is 0.234 e. The lowest BCUT2D eigenvalue weighted by atomic mass is 10.2. The zero-order chi connectivity index (χ0) is 16.5. The number of fused-ring (bicyclic) bond motifs is 2. The van der Waals surface area contributed by atoms with Crippen molar-refractivity contribution in [3.05, 3.63) is 47.0 Å². The van der Waals surface area contributed by atoms with Gasteiger partial charge in [0, 0.05) is 12.8 Å². The smallest absolute Gasteiger partial charge is 0.234 e. The Balaban J connectivity index is 1.52. The van der Waals surface area contributed by atoms with Crippen molar-refractivity contribution in [3.63, 3.8) is 0 Å². The molecule has 0 bridgehead atoms. The van der Waals surface area contributed by atoms with E-state index < -0.39 is 0 Å². The van der Waals surface area contributed by atoms with Crippen molar-refractivity contribution < 1.29 is 4.79 Å². The van der Waals surface area contributed by atoms with Gasteiger partial charge in [0.2, 0.25) is 4.96 Å². The number of ketones is 1. The van der Waals surface area contributed by atoms with Crippen molar-refractivity contribution in [2.45, 2.75) is 19.8 Å². The van der Waals surface area contributed by atoms with Crippen molar-refractivity contribution in [2.75, 3.05) is 0 Å². The number of benzene rings is 1. The highest BCUT2D eigenvalue weighted by Gasteiger charge is 2.15. The monoisotopic (exact) mass is 338 g/mol. The van der Waals surface area contributed by atoms with Crippen molar-refractivity contribution in [2.24, 2.45) is 0 Å². The second-order valence-corrected chi connectivity index (χ2v) is 6.26. The van der Waals surface area contributed by atoms with Crippen LogP contribution in [0.1, 0.15) is 34.8 Å². The highest BCUT2D eigenvalue weighted by molar-refractivity contribution is 7.17. The topological polar surface area (TPSA) is 88.8 Å². The van der Waals surface area contributed by atoms with Gasteiger partial charge in [-0.25, -0.2) is 4.98 Å². The van der Waals surface area contributed by atoms with Gasteiger partial charge in [0.15, 0.2) is 17.4 Å². The number of para-hydroxylation sites is 2. The van der Waals surface area contributed by atoms with Crippen LogP contribution in [0.4, 0.5) is 0 Å². The van der Waals surface area contributed by atoms with E-state index >= 15 is 0 Å². The number of imidazole rings is 1. The molecule has 1 N–H and O–H groups in total. The lowest BCUT2D eigenvalue weighted by Gasteiger charge is -1.95. The molecule has 0 radical (unpaired) electrons. The molecule has 120 valence electrons. The molecule has 8 heteroatoms. The second kappa shape index (κ2) is 5.97. The first-order chi connectivity index (χ1) is 11.7. The fourth-order valence-electron chi connectivity index (χ4n) is 2.47. The van der Waals surface area contributed by atoms with Gasteiger partial charge in [0.1, 0.15) is 5.01 Å². The number of allylic oxidation sites excluding steroid dienone is 1. The molecule has 0 amide bonds. The molecule has 0 atom stereocenters. The van der Waals surface area contributed by atoms with E-state index in [1.807, 2.05) is 43.3 Å². The standard InChI is InChI=1S/C16H14N6OS/c1-2-5-14-21-22-13(19-20-16(22)24-14)9-8-12(23)15-17-10-6-3-4-7-11(10)18-15/h2-7H,8-9H2,1H3,(H,17,18)/b5-2+. The first-order valence-corrected chi connectivity index (χ1v) is 8.38. The van der Waals surface area contributed by atoms with Crippen LogP contribution in [0.2, 0.25) is 0 Å². The molecule has 3 heterocycles. The molecule has 4 aromatic rings. The van der Waals surface area contributed by atoms with Crippen LogP contribution in [0.15, 0.2) is 30.3 Å². The summed E-state index contributed by atoms with van der Waals surface area (Å²) in [6.07, 6.45) is 4.62. The van der Waals surface area contributed by atoms with Gasteiger partial charge in [0.25, 0.3) is 0 Å². The molecule has 24 heavy (non-hydrogen) atoms. The predicted molar refractivity (Wildman–Crippen MR) is 92.1 cm³/mol. The van der Waals surface area contributed by atoms with E-state index in [2.05, 4.69) is 25.3 Å². The number of H-pyrrole nitrogens is 1. The van der Waals surface area contributed by atoms with Gasteiger partial charge >= 0.3 is 0 Å². The fraction of sp³-hybridized carbons (Fsp3) is 0.188. The average Bonchev–Trinajstić information content (AvgIpc) is 3.26. The minimum atomic E-state index is -0.0492. The number of nitrogens with one attached hydrogen (secondary N) is 1. The molecule has 0 unspecified atom stereocenters. The van der Waals surface area contributed by atoms with Crippen LogP contribution in [0.3, 0.4) is 0 Å². The first kappa shape index (κ1) is 14.7. The molecule has 0 aliphatic rings. The van der Waals surface area contributed by atoms with Gasteiger partial charge in [-0.05, 0) is 25.1 Å². The van der Waals surface area contributed by atoms with E-state index in [0.29, 0.717) is 24.5 Å². The van der Waals surface area contributed by atoms with E-state index in [9.17, 15) is 4.79 Å². The number of aryl methyl sites for hydroxylation is 1. The SMILES string of the molecule is C/C=C/c1nn2c(CCC(=O)c3nc4ccccc4[nH]3)nnc2s1. The van der Waals surface area contributed by atoms with Gasteiger partial charge in [-0.1, -0.05) is 29.5 Å². The lowest BCUT2D eigenvalue weighted by molar-refractivity contribution is 0.0973. The third-order valence-electron chi connectivity index (χ3n) is 3.61. The van der Waals surface area contributed by atoms with Crippen LogP contribution in [-0.4, -0.2) is 35.6 Å². The zero-order valence-corrected chi connectivity index (χ0v) is 13.7. The van der Waals surface area contributed by atoms with Crippen LogP contribution in [0.25, 0.3) is 22.1 Å². The first-order valence-electron chi connectivity index (χ1n) is 7.56. The summed E-state index contributed by atoms with van der Waals surface area (Å²) >= 11 is 1.46. The lowest BCUT2D eigenvalue weighted by Crippen LogP contribution is -2.06. The summed E-state index contributed by atoms with van der Waals surface area (Å²) in [4.78, 5) is 20.5. The highest BCUT2D eigenvalue weighted by Crippen LogP contribution is 2.17. The Morgan fingerprint density at radius 3 is 3.04 bits per heavy atom. The number of aromatic nitrogens is 6. The molecule has 0 fully saturated rings. The third kappa shape index (κ3) is 2.61. The van der Waals surface area contributed by atoms with Gasteiger partial charge in [-0.3, -0.25) is 4.79 Å². The summed E-state index contributed by atoms with van der Waals surface area (Å²) in [5.74, 6) is 1.01. The van der Waals surface area contributed by atoms with E-state index in [-0.39, 0.29) is 5.78 Å². The predicted octanol–water partition coefficient (Wildman–Crippen LogP) is 2.91. The summed E-state index contributed by atoms with van der Waals surface area (Å²) in [7, 11) is 0. The van der Waals surface area contributed by atoms with Crippen LogP contribution >= 0.6 is 11.3 Å². The Kier molecular flexibility index (Phi) is 3.66. The molecule has 4 rings (SSSR count). The number of rotatable bonds is 5. The van der Waals surface area contributed by atoms with E-state index in [0.717, 1.165) is 21.0 Å². The summed E-state index contributed by atoms with van der Waals surface area (Å²) in [6, 6.07) is 7.59. The molecular weight excluding hydrogens is 324 g/mol. The quantitative estimate of drug-likeness (QED) is 0.565. The van der Waals surface area contributed by atoms with Gasteiger partial charge < -0.3 is 4.98 Å². The van der Waals surface area contributed by atoms with Crippen molar-refractivity contribution in [1.82, 2.24) is 29.8 Å². The summed E-state index contributed by atoms with van der Waals surface area (Å²) in [6.45, 7) is 1.94. The Morgan fingerprint density at radius 1 is 1.33 bits per heavy atom. The van der Waals surface area contributed by atoms with E-state index in [1.165, 1.54) is 11.3 Å². The van der Waals surface area contributed by atoms with Gasteiger partial charge in [0.05, 0.1) is 11.0 Å². The number of hydrogen-bond acceptors (Lipinski definition) is 6. The van der Waals surface area contributed by atoms with Crippen LogP contribution in [0.5, 0.6) is 0 Å². The minimum Gasteiger partial charge on any atom is -0.335 e. The minimum absolute atomic E-state index is 0.0492. The van der Waals surface area contributed by atoms with Gasteiger partial charge in [-0.2, -0.15) is 9.61 Å². The Morgan fingerprint density at radius 2 is 2.21 bits per heavy atom. The van der Waals surface area contributed by atoms with E-state index in [1.54, 1.807) is 4.52 Å². The third-order valence-corrected chi connectivity index (χ3v) is 4.47. The molecule has 1 aromatic carbocycles. The molecule has 3 aromatic heterocycles. The number of carbonyl (C=O) groups is 1. The molecular formula is C16H14N6OS. The molecule has 0 spiro atoms. The number of Topliss-reactive ketones (excluding diaryl/α,β-unsaturated/α-hetero) is 1. The van der Waals surface area contributed by atoms with Crippen molar-refractivity contribution in [1.29, 1.82) is 0 Å². The second-order valence-electron chi connectivity index (χ2n) is 5.28. The summed E-state index contributed by atoms with van der Waals surface area (Å²) < 4.78 is 1.70. The fourth-order valence-corrected chi connectivity index (χ4v) is 3.29. The number of aromatic amines is 1. The Hall–Kier alpha value is -2.87. The summed E-state index contributed by atoms with van der Waals surface area (Å²) in [5, 5.41) is 13.5. The maximum atomic E-state index is 12.4. The number of hydrogen-bond donors (Lipinski definition) is 1. The Bertz CT molecular complexity index is 1020. The normalized spacial score (nSPS) is 11.9. The van der Waals surface area contributed by atoms with E-state index in [4.69, 9.17) is 0 Å². The highest BCUT2D eigenvalue weighted by atomic mass is 32.1. The molecule has 0 saturated heterocycles. The van der Waals surface area contributed by atoms with Gasteiger partial charge in [-0.15, -0.1) is 10.2 Å². The van der Waals surface area contributed by atoms with Crippen molar-refractivity contribution in [3.8, 4) is 0 Å². The summed E-state index contributed by atoms with van der Waals surface area (Å²) in [5.41, 5.74) is 1.66. The van der Waals surface area contributed by atoms with Crippen molar-refractivity contribution >= 4 is 39.2 Å². The number of carbonyl (C=O) groups excluding carboxylic acids is 1. The molecule has 0 aliphatic carbocycles. The molecule has 7 nitrogen and oxygen atoms in total. The molecule has 0 aliphatic heterocycles. The van der Waals surface area contributed by atoms with Crippen LogP contribution in [0, 0.1) is 0 Å². The van der Waals surface area contributed by atoms with Crippen LogP contribution in [-0.2, 0) is 6.42 Å². The average molecular weight is 338 g/mol. The largest absolute Gasteiger partial charge is 0.335 e. The molecule has 0 saturated carbocycles. The zero-order valence-electron chi connectivity index (χ0n) is 12.9.